The van der Waals surface area contributed by atoms with Crippen LogP contribution in [0.15, 0.2) is 4.52 Å². The van der Waals surface area contributed by atoms with Gasteiger partial charge in [0.2, 0.25) is 5.89 Å². The zero-order valence-corrected chi connectivity index (χ0v) is 9.44. The molecule has 2 unspecified atom stereocenters. The Labute approximate surface area is 90.2 Å². The van der Waals surface area contributed by atoms with Crippen molar-refractivity contribution in [2.75, 3.05) is 0 Å². The fourth-order valence-electron chi connectivity index (χ4n) is 1.56. The highest BCUT2D eigenvalue weighted by atomic mass is 16.5. The molecule has 4 nitrogen and oxygen atoms in total. The third-order valence-electron chi connectivity index (χ3n) is 3.19. The normalized spacial score (nSPS) is 20.2. The van der Waals surface area contributed by atoms with Crippen molar-refractivity contribution in [2.24, 2.45) is 17.6 Å². The molecule has 0 spiro atoms. The Balaban J connectivity index is 1.98. The smallest absolute Gasteiger partial charge is 0.243 e. The van der Waals surface area contributed by atoms with Crippen molar-refractivity contribution in [3.63, 3.8) is 0 Å². The summed E-state index contributed by atoms with van der Waals surface area (Å²) in [5, 5.41) is 3.97. The molecule has 1 fully saturated rings. The van der Waals surface area contributed by atoms with Gasteiger partial charge in [0.1, 0.15) is 0 Å². The predicted molar refractivity (Wildman–Crippen MR) is 57.1 cm³/mol. The number of rotatable bonds is 5. The van der Waals surface area contributed by atoms with Crippen LogP contribution in [0.4, 0.5) is 0 Å². The maximum Gasteiger partial charge on any atom is 0.243 e. The topological polar surface area (TPSA) is 64.9 Å². The van der Waals surface area contributed by atoms with Crippen molar-refractivity contribution in [3.05, 3.63) is 11.7 Å². The van der Waals surface area contributed by atoms with Crippen molar-refractivity contribution in [1.82, 2.24) is 10.1 Å². The second-order valence-electron chi connectivity index (χ2n) is 4.61. The third-order valence-corrected chi connectivity index (χ3v) is 3.19. The van der Waals surface area contributed by atoms with Crippen molar-refractivity contribution in [2.45, 2.75) is 45.6 Å². The Morgan fingerprint density at radius 2 is 2.27 bits per heavy atom. The molecule has 1 saturated carbocycles. The van der Waals surface area contributed by atoms with Gasteiger partial charge in [0.25, 0.3) is 0 Å². The molecule has 2 N–H and O–H groups in total. The first kappa shape index (κ1) is 10.6. The van der Waals surface area contributed by atoms with Gasteiger partial charge < -0.3 is 10.3 Å². The minimum atomic E-state index is -0.115. The van der Waals surface area contributed by atoms with Crippen molar-refractivity contribution >= 4 is 0 Å². The van der Waals surface area contributed by atoms with Crippen LogP contribution in [0.2, 0.25) is 0 Å². The first-order valence-corrected chi connectivity index (χ1v) is 5.78. The van der Waals surface area contributed by atoms with E-state index in [0.29, 0.717) is 11.8 Å². The lowest BCUT2D eigenvalue weighted by molar-refractivity contribution is 0.310. The van der Waals surface area contributed by atoms with E-state index in [1.807, 2.05) is 0 Å². The SMILES string of the molecule is CCC(C)C(N)c1nc(CC2CC2)no1. The fourth-order valence-corrected chi connectivity index (χ4v) is 1.56. The molecule has 1 aromatic heterocycles. The molecule has 0 radical (unpaired) electrons. The summed E-state index contributed by atoms with van der Waals surface area (Å²) in [6, 6.07) is -0.115. The van der Waals surface area contributed by atoms with Gasteiger partial charge in [-0.2, -0.15) is 4.98 Å². The molecule has 2 atom stereocenters. The second-order valence-corrected chi connectivity index (χ2v) is 4.61. The molecular formula is C11H19N3O. The van der Waals surface area contributed by atoms with Crippen LogP contribution in [0.3, 0.4) is 0 Å². The monoisotopic (exact) mass is 209 g/mol. The summed E-state index contributed by atoms with van der Waals surface area (Å²) in [4.78, 5) is 4.36. The van der Waals surface area contributed by atoms with E-state index in [9.17, 15) is 0 Å². The fraction of sp³-hybridized carbons (Fsp3) is 0.818. The number of hydrogen-bond donors (Lipinski definition) is 1. The van der Waals surface area contributed by atoms with Gasteiger partial charge in [-0.3, -0.25) is 0 Å². The Kier molecular flexibility index (Phi) is 3.05. The molecule has 1 aliphatic carbocycles. The van der Waals surface area contributed by atoms with Crippen LogP contribution in [0.5, 0.6) is 0 Å². The minimum Gasteiger partial charge on any atom is -0.338 e. The number of aromatic nitrogens is 2. The Morgan fingerprint density at radius 3 is 2.87 bits per heavy atom. The Bertz CT molecular complexity index is 319. The van der Waals surface area contributed by atoms with Crippen LogP contribution >= 0.6 is 0 Å². The maximum absolute atomic E-state index is 6.01. The van der Waals surface area contributed by atoms with E-state index in [4.69, 9.17) is 10.3 Å². The predicted octanol–water partition coefficient (Wildman–Crippen LogP) is 2.07. The summed E-state index contributed by atoms with van der Waals surface area (Å²) in [6.07, 6.45) is 4.60. The van der Waals surface area contributed by atoms with Gasteiger partial charge in [-0.05, 0) is 24.7 Å². The molecule has 1 aliphatic rings. The lowest BCUT2D eigenvalue weighted by Gasteiger charge is -2.12. The first-order chi connectivity index (χ1) is 7.20. The van der Waals surface area contributed by atoms with Crippen molar-refractivity contribution < 1.29 is 4.52 Å². The van der Waals surface area contributed by atoms with Crippen LogP contribution < -0.4 is 5.73 Å². The van der Waals surface area contributed by atoms with Gasteiger partial charge in [-0.15, -0.1) is 0 Å². The summed E-state index contributed by atoms with van der Waals surface area (Å²) < 4.78 is 5.19. The van der Waals surface area contributed by atoms with E-state index in [-0.39, 0.29) is 6.04 Å². The van der Waals surface area contributed by atoms with E-state index in [2.05, 4.69) is 24.0 Å². The molecule has 15 heavy (non-hydrogen) atoms. The van der Waals surface area contributed by atoms with Crippen LogP contribution in [0, 0.1) is 11.8 Å². The van der Waals surface area contributed by atoms with Crippen LogP contribution in [0.25, 0.3) is 0 Å². The molecule has 0 amide bonds. The summed E-state index contributed by atoms with van der Waals surface area (Å²) in [7, 11) is 0. The zero-order chi connectivity index (χ0) is 10.8. The van der Waals surface area contributed by atoms with E-state index in [0.717, 1.165) is 24.6 Å². The molecule has 0 aromatic carbocycles. The molecule has 0 bridgehead atoms. The summed E-state index contributed by atoms with van der Waals surface area (Å²) in [5.74, 6) is 2.60. The van der Waals surface area contributed by atoms with Crippen molar-refractivity contribution in [3.8, 4) is 0 Å². The minimum absolute atomic E-state index is 0.115. The highest BCUT2D eigenvalue weighted by molar-refractivity contribution is 4.96. The van der Waals surface area contributed by atoms with Gasteiger partial charge >= 0.3 is 0 Å². The quantitative estimate of drug-likeness (QED) is 0.806. The van der Waals surface area contributed by atoms with Gasteiger partial charge in [0, 0.05) is 6.42 Å². The van der Waals surface area contributed by atoms with E-state index in [1.165, 1.54) is 12.8 Å². The van der Waals surface area contributed by atoms with Gasteiger partial charge in [-0.1, -0.05) is 25.4 Å². The average Bonchev–Trinajstić information content (AvgIpc) is 2.93. The molecule has 2 rings (SSSR count). The highest BCUT2D eigenvalue weighted by Gasteiger charge is 2.25. The number of nitrogens with zero attached hydrogens (tertiary/aromatic N) is 2. The molecule has 84 valence electrons. The van der Waals surface area contributed by atoms with Gasteiger partial charge in [0.05, 0.1) is 6.04 Å². The van der Waals surface area contributed by atoms with Crippen LogP contribution in [0.1, 0.15) is 50.9 Å². The lowest BCUT2D eigenvalue weighted by atomic mass is 10.0. The summed E-state index contributed by atoms with van der Waals surface area (Å²) >= 11 is 0. The second kappa shape index (κ2) is 4.31. The number of hydrogen-bond acceptors (Lipinski definition) is 4. The van der Waals surface area contributed by atoms with Crippen LogP contribution in [-0.4, -0.2) is 10.1 Å². The summed E-state index contributed by atoms with van der Waals surface area (Å²) in [5.41, 5.74) is 6.01. The molecule has 1 heterocycles. The van der Waals surface area contributed by atoms with Crippen molar-refractivity contribution in [1.29, 1.82) is 0 Å². The first-order valence-electron chi connectivity index (χ1n) is 5.78. The molecule has 0 aliphatic heterocycles. The zero-order valence-electron chi connectivity index (χ0n) is 9.44. The largest absolute Gasteiger partial charge is 0.338 e. The lowest BCUT2D eigenvalue weighted by Crippen LogP contribution is -2.18. The van der Waals surface area contributed by atoms with Gasteiger partial charge in [-0.25, -0.2) is 0 Å². The molecule has 1 aromatic rings. The maximum atomic E-state index is 6.01. The third kappa shape index (κ3) is 2.56. The highest BCUT2D eigenvalue weighted by Crippen LogP contribution is 2.32. The Morgan fingerprint density at radius 1 is 1.53 bits per heavy atom. The molecule has 4 heteroatoms. The standard InChI is InChI=1S/C11H19N3O/c1-3-7(2)10(12)11-13-9(14-15-11)6-8-4-5-8/h7-8,10H,3-6,12H2,1-2H3. The Hall–Kier alpha value is -0.900. The summed E-state index contributed by atoms with van der Waals surface area (Å²) in [6.45, 7) is 4.22. The molecular weight excluding hydrogens is 190 g/mol. The van der Waals surface area contributed by atoms with E-state index < -0.39 is 0 Å². The van der Waals surface area contributed by atoms with E-state index in [1.54, 1.807) is 0 Å². The van der Waals surface area contributed by atoms with E-state index >= 15 is 0 Å². The van der Waals surface area contributed by atoms with Gasteiger partial charge in [0.15, 0.2) is 5.82 Å². The number of nitrogens with two attached hydrogens (primary N) is 1. The average molecular weight is 209 g/mol. The molecule has 0 saturated heterocycles. The van der Waals surface area contributed by atoms with Crippen LogP contribution in [-0.2, 0) is 6.42 Å².